The van der Waals surface area contributed by atoms with Crippen molar-refractivity contribution in [2.24, 2.45) is 0 Å². The predicted molar refractivity (Wildman–Crippen MR) is 87.2 cm³/mol. The maximum absolute atomic E-state index is 12.2. The third kappa shape index (κ3) is 3.35. The molecular weight excluding hydrogens is 298 g/mol. The number of hydrogen-bond acceptors (Lipinski definition) is 2. The molecule has 1 heterocycles. The first-order chi connectivity index (χ1) is 10.7. The van der Waals surface area contributed by atoms with Crippen molar-refractivity contribution in [3.8, 4) is 0 Å². The molecule has 110 valence electrons. The number of benzene rings is 2. The molecule has 0 fully saturated rings. The highest BCUT2D eigenvalue weighted by atomic mass is 35.5. The predicted octanol–water partition coefficient (Wildman–Crippen LogP) is 3.84. The zero-order valence-corrected chi connectivity index (χ0v) is 12.5. The largest absolute Gasteiger partial charge is 0.319 e. The number of para-hydroxylation sites is 1. The van der Waals surface area contributed by atoms with Crippen LogP contribution in [0.1, 0.15) is 16.1 Å². The first-order valence-corrected chi connectivity index (χ1v) is 7.23. The Morgan fingerprint density at radius 2 is 1.77 bits per heavy atom. The number of halogens is 1. The Labute approximate surface area is 133 Å². The van der Waals surface area contributed by atoms with Crippen LogP contribution in [-0.4, -0.2) is 15.7 Å². The first kappa shape index (κ1) is 14.4. The van der Waals surface area contributed by atoms with Gasteiger partial charge in [-0.1, -0.05) is 54.1 Å². The van der Waals surface area contributed by atoms with E-state index in [1.54, 1.807) is 29.1 Å². The molecule has 0 aliphatic rings. The molecule has 0 aliphatic carbocycles. The van der Waals surface area contributed by atoms with Gasteiger partial charge in [-0.3, -0.25) is 9.48 Å². The zero-order chi connectivity index (χ0) is 15.4. The molecule has 1 N–H and O–H groups in total. The summed E-state index contributed by atoms with van der Waals surface area (Å²) in [6.45, 7) is 0.625. The summed E-state index contributed by atoms with van der Waals surface area (Å²) in [6, 6.07) is 18.8. The lowest BCUT2D eigenvalue weighted by atomic mass is 10.2. The van der Waals surface area contributed by atoms with Gasteiger partial charge in [-0.2, -0.15) is 5.10 Å². The molecule has 4 nitrogen and oxygen atoms in total. The SMILES string of the molecule is O=C(Nc1ccccc1Cl)c1ccn(Cc2ccccc2)n1. The minimum absolute atomic E-state index is 0.278. The second-order valence-electron chi connectivity index (χ2n) is 4.82. The number of rotatable bonds is 4. The number of amides is 1. The van der Waals surface area contributed by atoms with Crippen LogP contribution in [0.4, 0.5) is 5.69 Å². The Hall–Kier alpha value is -2.59. The van der Waals surface area contributed by atoms with E-state index >= 15 is 0 Å². The van der Waals surface area contributed by atoms with E-state index in [9.17, 15) is 4.79 Å². The van der Waals surface area contributed by atoms with Gasteiger partial charge in [0.15, 0.2) is 5.69 Å². The van der Waals surface area contributed by atoms with Crippen molar-refractivity contribution in [3.63, 3.8) is 0 Å². The highest BCUT2D eigenvalue weighted by Crippen LogP contribution is 2.20. The number of anilines is 1. The number of nitrogens with one attached hydrogen (secondary N) is 1. The molecule has 0 bridgehead atoms. The normalized spacial score (nSPS) is 10.4. The molecule has 2 aromatic carbocycles. The Kier molecular flexibility index (Phi) is 4.21. The van der Waals surface area contributed by atoms with Crippen molar-refractivity contribution in [3.05, 3.63) is 83.1 Å². The van der Waals surface area contributed by atoms with Gasteiger partial charge in [0, 0.05) is 6.20 Å². The van der Waals surface area contributed by atoms with Crippen molar-refractivity contribution in [1.82, 2.24) is 9.78 Å². The summed E-state index contributed by atoms with van der Waals surface area (Å²) < 4.78 is 1.73. The molecule has 0 aliphatic heterocycles. The fourth-order valence-electron chi connectivity index (χ4n) is 2.09. The Bertz CT molecular complexity index is 783. The molecule has 1 amide bonds. The molecule has 22 heavy (non-hydrogen) atoms. The molecule has 0 spiro atoms. The monoisotopic (exact) mass is 311 g/mol. The van der Waals surface area contributed by atoms with Gasteiger partial charge in [0.1, 0.15) is 0 Å². The number of carbonyl (C=O) groups excluding carboxylic acids is 1. The lowest BCUT2D eigenvalue weighted by Gasteiger charge is -2.05. The summed E-state index contributed by atoms with van der Waals surface area (Å²) in [7, 11) is 0. The molecule has 5 heteroatoms. The molecule has 3 aromatic rings. The van der Waals surface area contributed by atoms with Gasteiger partial charge >= 0.3 is 0 Å². The van der Waals surface area contributed by atoms with E-state index in [2.05, 4.69) is 10.4 Å². The summed E-state index contributed by atoms with van der Waals surface area (Å²) in [5.41, 5.74) is 2.06. The van der Waals surface area contributed by atoms with E-state index < -0.39 is 0 Å². The average Bonchev–Trinajstić information content (AvgIpc) is 2.99. The number of aromatic nitrogens is 2. The molecule has 3 rings (SSSR count). The summed E-state index contributed by atoms with van der Waals surface area (Å²) >= 11 is 6.03. The van der Waals surface area contributed by atoms with Crippen LogP contribution in [0.25, 0.3) is 0 Å². The van der Waals surface area contributed by atoms with Crippen LogP contribution in [0.3, 0.4) is 0 Å². The molecule has 0 unspecified atom stereocenters. The van der Waals surface area contributed by atoms with Crippen LogP contribution >= 0.6 is 11.6 Å². The number of nitrogens with zero attached hydrogens (tertiary/aromatic N) is 2. The van der Waals surface area contributed by atoms with Gasteiger partial charge in [0.05, 0.1) is 17.3 Å². The van der Waals surface area contributed by atoms with Gasteiger partial charge < -0.3 is 5.32 Å². The van der Waals surface area contributed by atoms with E-state index in [1.165, 1.54) is 0 Å². The van der Waals surface area contributed by atoms with Crippen molar-refractivity contribution in [2.75, 3.05) is 5.32 Å². The van der Waals surface area contributed by atoms with Gasteiger partial charge in [0.25, 0.3) is 5.91 Å². The van der Waals surface area contributed by atoms with Crippen LogP contribution in [0.15, 0.2) is 66.9 Å². The highest BCUT2D eigenvalue weighted by molar-refractivity contribution is 6.33. The topological polar surface area (TPSA) is 46.9 Å². The first-order valence-electron chi connectivity index (χ1n) is 6.85. The van der Waals surface area contributed by atoms with Gasteiger partial charge in [-0.25, -0.2) is 0 Å². The Morgan fingerprint density at radius 3 is 2.55 bits per heavy atom. The second-order valence-corrected chi connectivity index (χ2v) is 5.23. The summed E-state index contributed by atoms with van der Waals surface area (Å²) in [6.07, 6.45) is 1.79. The smallest absolute Gasteiger partial charge is 0.276 e. The van der Waals surface area contributed by atoms with Crippen molar-refractivity contribution < 1.29 is 4.79 Å². The van der Waals surface area contributed by atoms with Crippen LogP contribution in [0, 0.1) is 0 Å². The molecule has 0 saturated carbocycles. The van der Waals surface area contributed by atoms with Crippen molar-refractivity contribution in [2.45, 2.75) is 6.54 Å². The minimum Gasteiger partial charge on any atom is -0.319 e. The third-order valence-electron chi connectivity index (χ3n) is 3.18. The molecule has 0 radical (unpaired) electrons. The fraction of sp³-hybridized carbons (Fsp3) is 0.0588. The van der Waals surface area contributed by atoms with Crippen LogP contribution < -0.4 is 5.32 Å². The lowest BCUT2D eigenvalue weighted by Crippen LogP contribution is -2.13. The van der Waals surface area contributed by atoms with E-state index in [0.29, 0.717) is 22.9 Å². The Balaban J connectivity index is 1.71. The molecule has 0 saturated heterocycles. The summed E-state index contributed by atoms with van der Waals surface area (Å²) in [5, 5.41) is 7.55. The lowest BCUT2D eigenvalue weighted by molar-refractivity contribution is 0.102. The average molecular weight is 312 g/mol. The molecular formula is C17H14ClN3O. The van der Waals surface area contributed by atoms with Gasteiger partial charge in [-0.05, 0) is 23.8 Å². The summed E-state index contributed by atoms with van der Waals surface area (Å²) in [4.78, 5) is 12.2. The Morgan fingerprint density at radius 1 is 1.05 bits per heavy atom. The zero-order valence-electron chi connectivity index (χ0n) is 11.7. The van der Waals surface area contributed by atoms with Crippen LogP contribution in [0.2, 0.25) is 5.02 Å². The second kappa shape index (κ2) is 6.45. The van der Waals surface area contributed by atoms with Crippen molar-refractivity contribution >= 4 is 23.2 Å². The van der Waals surface area contributed by atoms with E-state index in [0.717, 1.165) is 5.56 Å². The van der Waals surface area contributed by atoms with Crippen molar-refractivity contribution in [1.29, 1.82) is 0 Å². The van der Waals surface area contributed by atoms with Gasteiger partial charge in [0.2, 0.25) is 0 Å². The van der Waals surface area contributed by atoms with Gasteiger partial charge in [-0.15, -0.1) is 0 Å². The molecule has 1 aromatic heterocycles. The van der Waals surface area contributed by atoms with Crippen LogP contribution in [-0.2, 0) is 6.54 Å². The quantitative estimate of drug-likeness (QED) is 0.796. The van der Waals surface area contributed by atoms with E-state index in [4.69, 9.17) is 11.6 Å². The standard InChI is InChI=1S/C17H14ClN3O/c18-14-8-4-5-9-15(14)19-17(22)16-10-11-21(20-16)12-13-6-2-1-3-7-13/h1-11H,12H2,(H,19,22). The fourth-order valence-corrected chi connectivity index (χ4v) is 2.27. The van der Waals surface area contributed by atoms with E-state index in [1.807, 2.05) is 42.5 Å². The molecule has 0 atom stereocenters. The highest BCUT2D eigenvalue weighted by Gasteiger charge is 2.11. The number of carbonyl (C=O) groups is 1. The summed E-state index contributed by atoms with van der Waals surface area (Å²) in [5.74, 6) is -0.278. The number of hydrogen-bond donors (Lipinski definition) is 1. The third-order valence-corrected chi connectivity index (χ3v) is 3.51. The minimum atomic E-state index is -0.278. The van der Waals surface area contributed by atoms with Crippen LogP contribution in [0.5, 0.6) is 0 Å². The van der Waals surface area contributed by atoms with E-state index in [-0.39, 0.29) is 5.91 Å². The maximum Gasteiger partial charge on any atom is 0.276 e. The maximum atomic E-state index is 12.2.